The average molecular weight is 218 g/mol. The summed E-state index contributed by atoms with van der Waals surface area (Å²) in [5, 5.41) is 8.89. The van der Waals surface area contributed by atoms with Crippen molar-refractivity contribution in [2.75, 3.05) is 6.61 Å². The molecule has 0 saturated carbocycles. The van der Waals surface area contributed by atoms with Gasteiger partial charge in [0, 0.05) is 0 Å². The smallest absolute Gasteiger partial charge is 0.486 e. The summed E-state index contributed by atoms with van der Waals surface area (Å²) >= 11 is 0. The predicted molar refractivity (Wildman–Crippen MR) is 59.3 cm³/mol. The van der Waals surface area contributed by atoms with Crippen molar-refractivity contribution in [2.24, 2.45) is 0 Å². The molecule has 15 heavy (non-hydrogen) atoms. The van der Waals surface area contributed by atoms with Crippen LogP contribution in [-0.4, -0.2) is 26.2 Å². The summed E-state index contributed by atoms with van der Waals surface area (Å²) in [6.45, 7) is 2.57. The quantitative estimate of drug-likeness (QED) is 0.507. The van der Waals surface area contributed by atoms with E-state index in [1.165, 1.54) is 0 Å². The fourth-order valence-corrected chi connectivity index (χ4v) is 1.32. The summed E-state index contributed by atoms with van der Waals surface area (Å²) in [7, 11) is 0. The Morgan fingerprint density at radius 3 is 2.80 bits per heavy atom. The number of hydrogen-bond acceptors (Lipinski definition) is 3. The van der Waals surface area contributed by atoms with Crippen LogP contribution in [0.25, 0.3) is 0 Å². The van der Waals surface area contributed by atoms with Crippen LogP contribution < -0.4 is 39.0 Å². The third kappa shape index (κ3) is 3.42. The Balaban J connectivity index is 0.000000980. The van der Waals surface area contributed by atoms with Gasteiger partial charge in [0.1, 0.15) is 12.7 Å². The molecule has 1 aromatic rings. The monoisotopic (exact) mass is 218 g/mol. The van der Waals surface area contributed by atoms with Gasteiger partial charge in [0.15, 0.2) is 11.5 Å². The van der Waals surface area contributed by atoms with Crippen molar-refractivity contribution in [3.8, 4) is 11.5 Å². The Hall–Kier alpha value is -0.155. The number of fused-ring (bicyclic) bond motifs is 1. The van der Waals surface area contributed by atoms with Crippen LogP contribution in [0.15, 0.2) is 18.2 Å². The summed E-state index contributed by atoms with van der Waals surface area (Å²) in [5.41, 5.74) is 0.844. The molecule has 1 unspecified atom stereocenters. The number of hydrogen-bond donors (Lipinski definition) is 1. The maximum absolute atomic E-state index is 8.89. The van der Waals surface area contributed by atoms with Gasteiger partial charge in [-0.3, -0.25) is 0 Å². The molecule has 3 nitrogen and oxygen atoms in total. The van der Waals surface area contributed by atoms with Crippen LogP contribution in [0.4, 0.5) is 0 Å². The molecule has 0 fully saturated rings. The summed E-state index contributed by atoms with van der Waals surface area (Å²) in [6.07, 6.45) is 0.104. The van der Waals surface area contributed by atoms with Gasteiger partial charge in [0.25, 0.3) is 0 Å². The summed E-state index contributed by atoms with van der Waals surface area (Å²) in [5.74, 6) is 1.49. The molecule has 0 saturated heterocycles. The second-order valence-electron chi connectivity index (χ2n) is 3.18. The Morgan fingerprint density at radius 1 is 1.40 bits per heavy atom. The van der Waals surface area contributed by atoms with Gasteiger partial charge in [-0.05, 0) is 24.6 Å². The van der Waals surface area contributed by atoms with Crippen LogP contribution >= 0.6 is 0 Å². The Labute approximate surface area is 114 Å². The molecule has 1 atom stereocenters. The van der Waals surface area contributed by atoms with Crippen LogP contribution in [0.3, 0.4) is 0 Å². The minimum atomic E-state index is 0. The molecule has 1 aromatic carbocycles. The molecule has 1 heterocycles. The average Bonchev–Trinajstić information content (AvgIpc) is 2.17. The maximum Gasteiger partial charge on any atom is 1.00 e. The van der Waals surface area contributed by atoms with Crippen LogP contribution in [0.1, 0.15) is 12.5 Å². The van der Waals surface area contributed by atoms with E-state index in [1.54, 1.807) is 6.07 Å². The Bertz CT molecular complexity index is 320. The van der Waals surface area contributed by atoms with Gasteiger partial charge in [-0.25, -0.2) is 0 Å². The van der Waals surface area contributed by atoms with E-state index < -0.39 is 0 Å². The third-order valence-electron chi connectivity index (χ3n) is 1.99. The van der Waals surface area contributed by atoms with Gasteiger partial charge >= 0.3 is 29.6 Å². The van der Waals surface area contributed by atoms with Crippen LogP contribution in [0.2, 0.25) is 0 Å². The van der Waals surface area contributed by atoms with Crippen molar-refractivity contribution in [2.45, 2.75) is 19.6 Å². The van der Waals surface area contributed by atoms with Gasteiger partial charge in [-0.15, -0.1) is 0 Å². The maximum atomic E-state index is 8.89. The minimum Gasteiger partial charge on any atom is -0.486 e. The van der Waals surface area contributed by atoms with Crippen LogP contribution in [-0.2, 0) is 6.61 Å². The van der Waals surface area contributed by atoms with E-state index in [0.29, 0.717) is 6.61 Å². The van der Waals surface area contributed by atoms with Crippen molar-refractivity contribution >= 4 is 8.41 Å². The fraction of sp³-hybridized carbons (Fsp3) is 0.400. The van der Waals surface area contributed by atoms with E-state index in [4.69, 9.17) is 14.6 Å². The van der Waals surface area contributed by atoms with E-state index >= 15 is 0 Å². The molecule has 0 amide bonds. The van der Waals surface area contributed by atoms with Crippen molar-refractivity contribution < 1.29 is 44.1 Å². The van der Waals surface area contributed by atoms with Gasteiger partial charge in [-0.1, -0.05) is 14.5 Å². The van der Waals surface area contributed by atoms with Crippen molar-refractivity contribution in [1.29, 1.82) is 0 Å². The molecule has 0 bridgehead atoms. The summed E-state index contributed by atoms with van der Waals surface area (Å²) in [4.78, 5) is 0. The Kier molecular flexibility index (Phi) is 6.37. The molecule has 0 aromatic heterocycles. The number of rotatable bonds is 1. The second-order valence-corrected chi connectivity index (χ2v) is 3.18. The number of ether oxygens (including phenoxy) is 2. The van der Waals surface area contributed by atoms with E-state index in [2.05, 4.69) is 0 Å². The van der Waals surface area contributed by atoms with Gasteiger partial charge in [0.2, 0.25) is 0 Å². The normalized spacial score (nSPS) is 17.3. The van der Waals surface area contributed by atoms with E-state index in [9.17, 15) is 0 Å². The van der Waals surface area contributed by atoms with E-state index in [-0.39, 0.29) is 50.7 Å². The second kappa shape index (κ2) is 6.43. The standard InChI is InChI=1S/C10H12O3.BH4.Na/c1-7-6-12-10-4-8(5-11)2-3-9(10)13-7;;/h2-4,7,11H,5-6H2,1H3;1H4;/q;-1;+1. The van der Waals surface area contributed by atoms with Crippen molar-refractivity contribution in [3.05, 3.63) is 23.8 Å². The molecule has 1 aliphatic rings. The Morgan fingerprint density at radius 2 is 2.13 bits per heavy atom. The number of benzene rings is 1. The van der Waals surface area contributed by atoms with Gasteiger partial charge in [0.05, 0.1) is 6.61 Å². The van der Waals surface area contributed by atoms with Crippen LogP contribution in [0, 0.1) is 0 Å². The first kappa shape index (κ1) is 14.8. The molecular formula is C10H16BNaO3. The van der Waals surface area contributed by atoms with Crippen LogP contribution in [0.5, 0.6) is 11.5 Å². The molecule has 2 rings (SSSR count). The topological polar surface area (TPSA) is 38.7 Å². The largest absolute Gasteiger partial charge is 1.00 e. The SMILES string of the molecule is CC1COc2cc(CO)ccc2O1.[BH4-].[Na+]. The van der Waals surface area contributed by atoms with Gasteiger partial charge in [-0.2, -0.15) is 0 Å². The zero-order chi connectivity index (χ0) is 9.26. The summed E-state index contributed by atoms with van der Waals surface area (Å²) in [6, 6.07) is 5.47. The molecule has 1 N–H and O–H groups in total. The first-order chi connectivity index (χ1) is 6.29. The summed E-state index contributed by atoms with van der Waals surface area (Å²) < 4.78 is 11.0. The minimum absolute atomic E-state index is 0. The van der Waals surface area contributed by atoms with Gasteiger partial charge < -0.3 is 14.6 Å². The van der Waals surface area contributed by atoms with E-state index in [1.807, 2.05) is 19.1 Å². The molecular weight excluding hydrogens is 202 g/mol. The molecule has 0 radical (unpaired) electrons. The molecule has 1 aliphatic heterocycles. The first-order valence-corrected chi connectivity index (χ1v) is 4.33. The fourth-order valence-electron chi connectivity index (χ4n) is 1.32. The zero-order valence-electron chi connectivity index (χ0n) is 8.49. The van der Waals surface area contributed by atoms with Crippen molar-refractivity contribution in [3.63, 3.8) is 0 Å². The zero-order valence-corrected chi connectivity index (χ0v) is 10.5. The third-order valence-corrected chi connectivity index (χ3v) is 1.99. The molecule has 0 aliphatic carbocycles. The number of aliphatic hydroxyl groups excluding tert-OH is 1. The molecule has 78 valence electrons. The predicted octanol–water partition coefficient (Wildman–Crippen LogP) is -3.11. The first-order valence-electron chi connectivity index (χ1n) is 4.33. The van der Waals surface area contributed by atoms with E-state index in [0.717, 1.165) is 17.1 Å². The van der Waals surface area contributed by atoms with Crippen molar-refractivity contribution in [1.82, 2.24) is 0 Å². The number of aliphatic hydroxyl groups is 1. The molecule has 5 heteroatoms. The molecule has 0 spiro atoms.